The van der Waals surface area contributed by atoms with Crippen molar-refractivity contribution >= 4 is 0 Å². The highest BCUT2D eigenvalue weighted by molar-refractivity contribution is 4.72. The van der Waals surface area contributed by atoms with E-state index < -0.39 is 0 Å². The molecule has 1 heterocycles. The predicted octanol–water partition coefficient (Wildman–Crippen LogP) is 2.74. The SMILES string of the molecule is CC(CNCCCN1CCCC1)C(C)(C)C. The van der Waals surface area contributed by atoms with Gasteiger partial charge in [0.25, 0.3) is 0 Å². The molecule has 0 aromatic rings. The predicted molar refractivity (Wildman–Crippen MR) is 71.8 cm³/mol. The lowest BCUT2D eigenvalue weighted by molar-refractivity contribution is 0.250. The van der Waals surface area contributed by atoms with E-state index in [1.54, 1.807) is 0 Å². The highest BCUT2D eigenvalue weighted by Gasteiger charge is 2.19. The van der Waals surface area contributed by atoms with E-state index in [-0.39, 0.29) is 0 Å². The lowest BCUT2D eigenvalue weighted by Gasteiger charge is -2.27. The van der Waals surface area contributed by atoms with Gasteiger partial charge in [-0.3, -0.25) is 0 Å². The molecule has 2 heteroatoms. The number of rotatable bonds is 6. The second-order valence-electron chi connectivity index (χ2n) is 6.37. The first-order chi connectivity index (χ1) is 7.50. The van der Waals surface area contributed by atoms with Crippen LogP contribution in [0.3, 0.4) is 0 Å². The molecule has 1 saturated heterocycles. The molecular weight excluding hydrogens is 196 g/mol. The smallest absolute Gasteiger partial charge is 0.000664 e. The minimum Gasteiger partial charge on any atom is -0.316 e. The molecule has 0 saturated carbocycles. The second-order valence-corrected chi connectivity index (χ2v) is 6.37. The summed E-state index contributed by atoms with van der Waals surface area (Å²) in [5, 5.41) is 3.59. The average molecular weight is 226 g/mol. The lowest BCUT2D eigenvalue weighted by atomic mass is 9.82. The third kappa shape index (κ3) is 5.31. The molecular formula is C14H30N2. The van der Waals surface area contributed by atoms with Gasteiger partial charge in [-0.15, -0.1) is 0 Å². The maximum Gasteiger partial charge on any atom is -0.000664 e. The summed E-state index contributed by atoms with van der Waals surface area (Å²) < 4.78 is 0. The fourth-order valence-electron chi connectivity index (χ4n) is 2.06. The van der Waals surface area contributed by atoms with E-state index in [0.29, 0.717) is 5.41 Å². The maximum absolute atomic E-state index is 3.59. The Morgan fingerprint density at radius 3 is 2.38 bits per heavy atom. The van der Waals surface area contributed by atoms with Gasteiger partial charge in [-0.05, 0) is 63.3 Å². The van der Waals surface area contributed by atoms with Gasteiger partial charge in [0.15, 0.2) is 0 Å². The zero-order chi connectivity index (χ0) is 12.0. The number of nitrogens with zero attached hydrogens (tertiary/aromatic N) is 1. The van der Waals surface area contributed by atoms with Crippen LogP contribution in [0.25, 0.3) is 0 Å². The van der Waals surface area contributed by atoms with Crippen molar-refractivity contribution in [3.8, 4) is 0 Å². The summed E-state index contributed by atoms with van der Waals surface area (Å²) in [7, 11) is 0. The van der Waals surface area contributed by atoms with Crippen molar-refractivity contribution in [3.05, 3.63) is 0 Å². The molecule has 0 radical (unpaired) electrons. The Hall–Kier alpha value is -0.0800. The largest absolute Gasteiger partial charge is 0.316 e. The highest BCUT2D eigenvalue weighted by Crippen LogP contribution is 2.24. The number of nitrogens with one attached hydrogen (secondary N) is 1. The topological polar surface area (TPSA) is 15.3 Å². The summed E-state index contributed by atoms with van der Waals surface area (Å²) in [4.78, 5) is 2.59. The van der Waals surface area contributed by atoms with Crippen molar-refractivity contribution in [2.45, 2.75) is 47.0 Å². The van der Waals surface area contributed by atoms with Gasteiger partial charge in [-0.1, -0.05) is 27.7 Å². The van der Waals surface area contributed by atoms with Gasteiger partial charge >= 0.3 is 0 Å². The van der Waals surface area contributed by atoms with Gasteiger partial charge in [-0.25, -0.2) is 0 Å². The minimum absolute atomic E-state index is 0.432. The Bertz CT molecular complexity index is 178. The average Bonchev–Trinajstić information content (AvgIpc) is 2.68. The van der Waals surface area contributed by atoms with Crippen molar-refractivity contribution in [1.29, 1.82) is 0 Å². The van der Waals surface area contributed by atoms with Gasteiger partial charge in [0, 0.05) is 0 Å². The van der Waals surface area contributed by atoms with Crippen molar-refractivity contribution in [3.63, 3.8) is 0 Å². The third-order valence-electron chi connectivity index (χ3n) is 3.96. The third-order valence-corrected chi connectivity index (χ3v) is 3.96. The highest BCUT2D eigenvalue weighted by atomic mass is 15.1. The molecule has 16 heavy (non-hydrogen) atoms. The molecule has 1 aliphatic rings. The number of hydrogen-bond donors (Lipinski definition) is 1. The zero-order valence-corrected chi connectivity index (χ0v) is 11.7. The van der Waals surface area contributed by atoms with Crippen LogP contribution in [-0.4, -0.2) is 37.6 Å². The Kier molecular flexibility index (Phi) is 5.77. The molecule has 0 aromatic carbocycles. The summed E-state index contributed by atoms with van der Waals surface area (Å²) >= 11 is 0. The molecule has 1 N–H and O–H groups in total. The molecule has 1 unspecified atom stereocenters. The minimum atomic E-state index is 0.432. The maximum atomic E-state index is 3.59. The molecule has 0 bridgehead atoms. The summed E-state index contributed by atoms with van der Waals surface area (Å²) in [6, 6.07) is 0. The molecule has 96 valence electrons. The Balaban J connectivity index is 1.95. The van der Waals surface area contributed by atoms with Gasteiger partial charge < -0.3 is 10.2 Å². The van der Waals surface area contributed by atoms with Crippen LogP contribution >= 0.6 is 0 Å². The van der Waals surface area contributed by atoms with Crippen LogP contribution in [0.15, 0.2) is 0 Å². The number of hydrogen-bond acceptors (Lipinski definition) is 2. The van der Waals surface area contributed by atoms with E-state index in [9.17, 15) is 0 Å². The normalized spacial score (nSPS) is 20.2. The summed E-state index contributed by atoms with van der Waals surface area (Å²) in [6.07, 6.45) is 4.12. The first-order valence-corrected chi connectivity index (χ1v) is 6.93. The van der Waals surface area contributed by atoms with Crippen LogP contribution in [-0.2, 0) is 0 Å². The van der Waals surface area contributed by atoms with Gasteiger partial charge in [0.2, 0.25) is 0 Å². The van der Waals surface area contributed by atoms with Crippen LogP contribution in [0.1, 0.15) is 47.0 Å². The second kappa shape index (κ2) is 6.61. The fraction of sp³-hybridized carbons (Fsp3) is 1.00. The lowest BCUT2D eigenvalue weighted by Crippen LogP contribution is -2.31. The van der Waals surface area contributed by atoms with Crippen LogP contribution < -0.4 is 5.32 Å². The Morgan fingerprint density at radius 1 is 1.19 bits per heavy atom. The van der Waals surface area contributed by atoms with Crippen LogP contribution in [0.2, 0.25) is 0 Å². The Labute approximate surface area is 102 Å². The first kappa shape index (κ1) is 14.0. The van der Waals surface area contributed by atoms with Crippen molar-refractivity contribution in [2.24, 2.45) is 11.3 Å². The summed E-state index contributed by atoms with van der Waals surface area (Å²) in [5.74, 6) is 0.749. The van der Waals surface area contributed by atoms with E-state index in [2.05, 4.69) is 37.9 Å². The zero-order valence-electron chi connectivity index (χ0n) is 11.7. The van der Waals surface area contributed by atoms with E-state index in [4.69, 9.17) is 0 Å². The molecule has 2 nitrogen and oxygen atoms in total. The van der Waals surface area contributed by atoms with Crippen molar-refractivity contribution < 1.29 is 0 Å². The molecule has 0 amide bonds. The van der Waals surface area contributed by atoms with Crippen LogP contribution in [0, 0.1) is 11.3 Å². The number of likely N-dealkylation sites (tertiary alicyclic amines) is 1. The first-order valence-electron chi connectivity index (χ1n) is 6.93. The monoisotopic (exact) mass is 226 g/mol. The molecule has 1 rings (SSSR count). The van der Waals surface area contributed by atoms with Gasteiger partial charge in [0.1, 0.15) is 0 Å². The standard InChI is InChI=1S/C14H30N2/c1-13(14(2,3)4)12-15-8-7-11-16-9-5-6-10-16/h13,15H,5-12H2,1-4H3. The summed E-state index contributed by atoms with van der Waals surface area (Å²) in [6.45, 7) is 15.6. The fourth-order valence-corrected chi connectivity index (χ4v) is 2.06. The Morgan fingerprint density at radius 2 is 1.81 bits per heavy atom. The van der Waals surface area contributed by atoms with E-state index in [0.717, 1.165) is 12.5 Å². The molecule has 1 aliphatic heterocycles. The van der Waals surface area contributed by atoms with Crippen molar-refractivity contribution in [2.75, 3.05) is 32.7 Å². The summed E-state index contributed by atoms with van der Waals surface area (Å²) in [5.41, 5.74) is 0.432. The van der Waals surface area contributed by atoms with Crippen LogP contribution in [0.5, 0.6) is 0 Å². The van der Waals surface area contributed by atoms with Gasteiger partial charge in [-0.2, -0.15) is 0 Å². The van der Waals surface area contributed by atoms with Crippen molar-refractivity contribution in [1.82, 2.24) is 10.2 Å². The van der Waals surface area contributed by atoms with Crippen LogP contribution in [0.4, 0.5) is 0 Å². The quantitative estimate of drug-likeness (QED) is 0.701. The van der Waals surface area contributed by atoms with E-state index in [1.165, 1.54) is 45.4 Å². The van der Waals surface area contributed by atoms with E-state index in [1.807, 2.05) is 0 Å². The molecule has 1 fully saturated rings. The van der Waals surface area contributed by atoms with Gasteiger partial charge in [0.05, 0.1) is 0 Å². The molecule has 0 aromatic heterocycles. The molecule has 0 aliphatic carbocycles. The molecule has 0 spiro atoms. The van der Waals surface area contributed by atoms with E-state index >= 15 is 0 Å². The molecule has 1 atom stereocenters.